The molecule has 0 amide bonds. The Bertz CT molecular complexity index is 334. The van der Waals surface area contributed by atoms with Crippen molar-refractivity contribution in [3.05, 3.63) is 33.3 Å². The topological polar surface area (TPSA) is 12.0 Å². The minimum atomic E-state index is 0.635. The molecule has 0 bridgehead atoms. The molecule has 0 spiro atoms. The second-order valence-corrected chi connectivity index (χ2v) is 5.38. The van der Waals surface area contributed by atoms with Crippen LogP contribution in [0.2, 0.25) is 5.02 Å². The van der Waals surface area contributed by atoms with Crippen molar-refractivity contribution in [2.45, 2.75) is 31.7 Å². The molecule has 1 saturated heterocycles. The standard InChI is InChI=1S/C12H15BrClN/c13-12-8-10(14)5-4-9(12)7-11-3-1-2-6-15-11/h4-5,8,11,15H,1-3,6-7H2. The number of nitrogens with one attached hydrogen (secondary N) is 1. The summed E-state index contributed by atoms with van der Waals surface area (Å²) in [6.45, 7) is 1.16. The van der Waals surface area contributed by atoms with Gasteiger partial charge in [0, 0.05) is 15.5 Å². The van der Waals surface area contributed by atoms with Gasteiger partial charge < -0.3 is 5.32 Å². The van der Waals surface area contributed by atoms with Gasteiger partial charge >= 0.3 is 0 Å². The predicted octanol–water partition coefficient (Wildman–Crippen LogP) is 3.79. The van der Waals surface area contributed by atoms with E-state index in [1.54, 1.807) is 0 Å². The van der Waals surface area contributed by atoms with E-state index < -0.39 is 0 Å². The third-order valence-corrected chi connectivity index (χ3v) is 3.87. The third kappa shape index (κ3) is 3.20. The summed E-state index contributed by atoms with van der Waals surface area (Å²) in [5, 5.41) is 4.35. The van der Waals surface area contributed by atoms with Crippen LogP contribution < -0.4 is 5.32 Å². The maximum atomic E-state index is 5.91. The summed E-state index contributed by atoms with van der Waals surface area (Å²) >= 11 is 9.48. The Hall–Kier alpha value is -0.0500. The molecule has 0 radical (unpaired) electrons. The van der Waals surface area contributed by atoms with E-state index in [4.69, 9.17) is 11.6 Å². The van der Waals surface area contributed by atoms with Gasteiger partial charge in [0.05, 0.1) is 0 Å². The molecule has 0 aromatic heterocycles. The molecule has 0 aliphatic carbocycles. The minimum absolute atomic E-state index is 0.635. The highest BCUT2D eigenvalue weighted by atomic mass is 79.9. The zero-order valence-corrected chi connectivity index (χ0v) is 10.9. The lowest BCUT2D eigenvalue weighted by molar-refractivity contribution is 0.399. The van der Waals surface area contributed by atoms with Crippen molar-refractivity contribution in [2.75, 3.05) is 6.54 Å². The number of hydrogen-bond donors (Lipinski definition) is 1. The van der Waals surface area contributed by atoms with Crippen LogP contribution in [0.4, 0.5) is 0 Å². The predicted molar refractivity (Wildman–Crippen MR) is 68.5 cm³/mol. The van der Waals surface area contributed by atoms with Crippen molar-refractivity contribution in [2.24, 2.45) is 0 Å². The van der Waals surface area contributed by atoms with Crippen LogP contribution in [0.5, 0.6) is 0 Å². The van der Waals surface area contributed by atoms with Gasteiger partial charge in [-0.1, -0.05) is 40.0 Å². The molecule has 1 N–H and O–H groups in total. The third-order valence-electron chi connectivity index (χ3n) is 2.89. The molecule has 1 aromatic rings. The van der Waals surface area contributed by atoms with Gasteiger partial charge in [-0.05, 0) is 43.5 Å². The van der Waals surface area contributed by atoms with Crippen LogP contribution in [0.1, 0.15) is 24.8 Å². The number of halogens is 2. The number of rotatable bonds is 2. The molecule has 0 saturated carbocycles. The van der Waals surface area contributed by atoms with E-state index in [1.807, 2.05) is 12.1 Å². The second kappa shape index (κ2) is 5.33. The van der Waals surface area contributed by atoms with Gasteiger partial charge in [-0.2, -0.15) is 0 Å². The van der Waals surface area contributed by atoms with Gasteiger partial charge in [0.15, 0.2) is 0 Å². The first-order valence-corrected chi connectivity index (χ1v) is 6.60. The molecule has 1 aromatic carbocycles. The van der Waals surface area contributed by atoms with Gasteiger partial charge in [0.1, 0.15) is 0 Å². The van der Waals surface area contributed by atoms with E-state index in [2.05, 4.69) is 27.3 Å². The Kier molecular flexibility index (Phi) is 4.06. The quantitative estimate of drug-likeness (QED) is 0.873. The average molecular weight is 289 g/mol. The van der Waals surface area contributed by atoms with Crippen LogP contribution in [0.15, 0.2) is 22.7 Å². The monoisotopic (exact) mass is 287 g/mol. The number of benzene rings is 1. The molecule has 1 unspecified atom stereocenters. The van der Waals surface area contributed by atoms with E-state index in [9.17, 15) is 0 Å². The summed E-state index contributed by atoms with van der Waals surface area (Å²) < 4.78 is 1.13. The first-order chi connectivity index (χ1) is 7.25. The van der Waals surface area contributed by atoms with E-state index in [0.717, 1.165) is 22.5 Å². The van der Waals surface area contributed by atoms with Gasteiger partial charge in [0.2, 0.25) is 0 Å². The van der Waals surface area contributed by atoms with Crippen molar-refractivity contribution in [3.8, 4) is 0 Å². The van der Waals surface area contributed by atoms with Crippen LogP contribution in [0.25, 0.3) is 0 Å². The van der Waals surface area contributed by atoms with Gasteiger partial charge in [0.25, 0.3) is 0 Å². The van der Waals surface area contributed by atoms with Crippen LogP contribution >= 0.6 is 27.5 Å². The molecule has 15 heavy (non-hydrogen) atoms. The Morgan fingerprint density at radius 1 is 1.40 bits per heavy atom. The Morgan fingerprint density at radius 3 is 2.93 bits per heavy atom. The highest BCUT2D eigenvalue weighted by molar-refractivity contribution is 9.10. The van der Waals surface area contributed by atoms with Crippen molar-refractivity contribution >= 4 is 27.5 Å². The molecule has 1 aliphatic rings. The fourth-order valence-corrected chi connectivity index (χ4v) is 2.90. The molecule has 2 rings (SSSR count). The first kappa shape index (κ1) is 11.4. The minimum Gasteiger partial charge on any atom is -0.314 e. The lowest BCUT2D eigenvalue weighted by Gasteiger charge is -2.23. The molecule has 3 heteroatoms. The molecule has 1 atom stereocenters. The van der Waals surface area contributed by atoms with Crippen molar-refractivity contribution in [3.63, 3.8) is 0 Å². The fraction of sp³-hybridized carbons (Fsp3) is 0.500. The summed E-state index contributed by atoms with van der Waals surface area (Å²) in [7, 11) is 0. The van der Waals surface area contributed by atoms with Gasteiger partial charge in [-0.3, -0.25) is 0 Å². The smallest absolute Gasteiger partial charge is 0.0417 e. The fourth-order valence-electron chi connectivity index (χ4n) is 2.05. The number of hydrogen-bond acceptors (Lipinski definition) is 1. The number of piperidine rings is 1. The molecule has 1 aliphatic heterocycles. The van der Waals surface area contributed by atoms with E-state index >= 15 is 0 Å². The zero-order chi connectivity index (χ0) is 10.7. The van der Waals surface area contributed by atoms with E-state index in [1.165, 1.54) is 24.8 Å². The highest BCUT2D eigenvalue weighted by Gasteiger charge is 2.14. The lowest BCUT2D eigenvalue weighted by atomic mass is 9.98. The van der Waals surface area contributed by atoms with Crippen LogP contribution in [0.3, 0.4) is 0 Å². The van der Waals surface area contributed by atoms with Crippen molar-refractivity contribution in [1.82, 2.24) is 5.32 Å². The SMILES string of the molecule is Clc1ccc(CC2CCCCN2)c(Br)c1. The molecular weight excluding hydrogens is 273 g/mol. The summed E-state index contributed by atoms with van der Waals surface area (Å²) in [5.41, 5.74) is 1.35. The Balaban J connectivity index is 2.03. The van der Waals surface area contributed by atoms with Gasteiger partial charge in [-0.25, -0.2) is 0 Å². The summed E-state index contributed by atoms with van der Waals surface area (Å²) in [5.74, 6) is 0. The van der Waals surface area contributed by atoms with Crippen LogP contribution in [-0.2, 0) is 6.42 Å². The average Bonchev–Trinajstić information content (AvgIpc) is 2.24. The molecule has 82 valence electrons. The zero-order valence-electron chi connectivity index (χ0n) is 8.60. The first-order valence-electron chi connectivity index (χ1n) is 5.43. The lowest BCUT2D eigenvalue weighted by Crippen LogP contribution is -2.35. The highest BCUT2D eigenvalue weighted by Crippen LogP contribution is 2.24. The molecule has 1 nitrogen and oxygen atoms in total. The van der Waals surface area contributed by atoms with E-state index in [-0.39, 0.29) is 0 Å². The van der Waals surface area contributed by atoms with Crippen LogP contribution in [-0.4, -0.2) is 12.6 Å². The maximum absolute atomic E-state index is 5.91. The molecule has 1 heterocycles. The van der Waals surface area contributed by atoms with Crippen molar-refractivity contribution in [1.29, 1.82) is 0 Å². The van der Waals surface area contributed by atoms with Gasteiger partial charge in [-0.15, -0.1) is 0 Å². The second-order valence-electron chi connectivity index (χ2n) is 4.09. The van der Waals surface area contributed by atoms with Crippen molar-refractivity contribution < 1.29 is 0 Å². The molecule has 1 fully saturated rings. The summed E-state index contributed by atoms with van der Waals surface area (Å²) in [6, 6.07) is 6.68. The van der Waals surface area contributed by atoms with Crippen LogP contribution in [0, 0.1) is 0 Å². The largest absolute Gasteiger partial charge is 0.314 e. The summed E-state index contributed by atoms with van der Waals surface area (Å²) in [4.78, 5) is 0. The maximum Gasteiger partial charge on any atom is 0.0417 e. The molecular formula is C12H15BrClN. The Labute approximate surface area is 104 Å². The summed E-state index contributed by atoms with van der Waals surface area (Å²) in [6.07, 6.45) is 5.05. The normalized spacial score (nSPS) is 21.6. The van der Waals surface area contributed by atoms with E-state index in [0.29, 0.717) is 6.04 Å². The Morgan fingerprint density at radius 2 is 2.27 bits per heavy atom.